The number of esters is 1. The minimum absolute atomic E-state index is 0.122. The molecule has 0 unspecified atom stereocenters. The van der Waals surface area contributed by atoms with Gasteiger partial charge < -0.3 is 14.5 Å². The molecule has 0 aliphatic carbocycles. The highest BCUT2D eigenvalue weighted by Gasteiger charge is 2.34. The van der Waals surface area contributed by atoms with Crippen LogP contribution in [0.5, 0.6) is 5.75 Å². The van der Waals surface area contributed by atoms with Gasteiger partial charge in [0.25, 0.3) is 0 Å². The molecular formula is C26H28N2O3. The lowest BCUT2D eigenvalue weighted by Gasteiger charge is -2.24. The predicted octanol–water partition coefficient (Wildman–Crippen LogP) is 4.70. The van der Waals surface area contributed by atoms with E-state index < -0.39 is 5.97 Å². The minimum Gasteiger partial charge on any atom is -0.422 e. The Morgan fingerprint density at radius 2 is 1.68 bits per heavy atom. The van der Waals surface area contributed by atoms with Gasteiger partial charge in [0.15, 0.2) is 0 Å². The molecule has 160 valence electrons. The molecule has 0 bridgehead atoms. The molecule has 2 aliphatic heterocycles. The van der Waals surface area contributed by atoms with Crippen molar-refractivity contribution < 1.29 is 14.3 Å². The van der Waals surface area contributed by atoms with Crippen LogP contribution in [0.25, 0.3) is 6.08 Å². The molecule has 0 saturated carbocycles. The first-order valence-corrected chi connectivity index (χ1v) is 11.0. The molecule has 4 rings (SSSR count). The molecule has 0 spiro atoms. The van der Waals surface area contributed by atoms with E-state index >= 15 is 0 Å². The number of benzene rings is 2. The number of Topliss-reactive ketones (excluding diaryl/α,β-unsaturated/α-hetero) is 1. The van der Waals surface area contributed by atoms with Gasteiger partial charge in [-0.25, -0.2) is 4.79 Å². The van der Waals surface area contributed by atoms with Crippen LogP contribution in [0.2, 0.25) is 0 Å². The van der Waals surface area contributed by atoms with Crippen LogP contribution in [0.15, 0.2) is 65.9 Å². The Hall–Kier alpha value is -3.34. The number of ketones is 1. The van der Waals surface area contributed by atoms with Gasteiger partial charge in [-0.15, -0.1) is 0 Å². The van der Waals surface area contributed by atoms with Gasteiger partial charge in [0, 0.05) is 31.9 Å². The molecule has 1 fully saturated rings. The number of para-hydroxylation sites is 1. The van der Waals surface area contributed by atoms with Crippen LogP contribution in [0.4, 0.5) is 5.69 Å². The highest BCUT2D eigenvalue weighted by atomic mass is 16.5. The Morgan fingerprint density at radius 1 is 1.00 bits per heavy atom. The summed E-state index contributed by atoms with van der Waals surface area (Å²) in [6.45, 7) is 7.86. The Bertz CT molecular complexity index is 1030. The first-order valence-electron chi connectivity index (χ1n) is 11.0. The van der Waals surface area contributed by atoms with Gasteiger partial charge in [-0.1, -0.05) is 30.3 Å². The second-order valence-corrected chi connectivity index (χ2v) is 7.77. The minimum atomic E-state index is -0.577. The number of rotatable bonds is 6. The summed E-state index contributed by atoms with van der Waals surface area (Å²) in [5.41, 5.74) is 3.41. The van der Waals surface area contributed by atoms with Gasteiger partial charge in [0.2, 0.25) is 5.78 Å². The maximum absolute atomic E-state index is 13.2. The summed E-state index contributed by atoms with van der Waals surface area (Å²) in [6, 6.07) is 15.2. The van der Waals surface area contributed by atoms with Crippen molar-refractivity contribution in [2.75, 3.05) is 31.1 Å². The third kappa shape index (κ3) is 4.26. The third-order valence-corrected chi connectivity index (χ3v) is 5.92. The Kier molecular flexibility index (Phi) is 6.21. The summed E-state index contributed by atoms with van der Waals surface area (Å²) in [6.07, 6.45) is 5.94. The van der Waals surface area contributed by atoms with Gasteiger partial charge >= 0.3 is 5.97 Å². The van der Waals surface area contributed by atoms with Crippen molar-refractivity contribution in [1.29, 1.82) is 0 Å². The second-order valence-electron chi connectivity index (χ2n) is 7.77. The van der Waals surface area contributed by atoms with Crippen molar-refractivity contribution >= 4 is 23.5 Å². The molecule has 2 heterocycles. The monoisotopic (exact) mass is 416 g/mol. The van der Waals surface area contributed by atoms with Gasteiger partial charge in [-0.05, 0) is 62.6 Å². The van der Waals surface area contributed by atoms with Gasteiger partial charge in [0.05, 0.1) is 11.3 Å². The lowest BCUT2D eigenvalue weighted by atomic mass is 9.97. The number of nitrogens with zero attached hydrogens (tertiary/aromatic N) is 2. The van der Waals surface area contributed by atoms with Crippen molar-refractivity contribution in [1.82, 2.24) is 4.90 Å². The molecule has 2 aliphatic rings. The average Bonchev–Trinajstić information content (AvgIpc) is 3.32. The van der Waals surface area contributed by atoms with Crippen LogP contribution in [-0.4, -0.2) is 42.8 Å². The number of carbonyl (C=O) groups is 2. The van der Waals surface area contributed by atoms with E-state index in [0.29, 0.717) is 17.0 Å². The maximum Gasteiger partial charge on any atom is 0.349 e. The first-order chi connectivity index (χ1) is 15.1. The highest BCUT2D eigenvalue weighted by molar-refractivity contribution is 6.28. The molecule has 5 nitrogen and oxygen atoms in total. The van der Waals surface area contributed by atoms with E-state index in [1.165, 1.54) is 5.69 Å². The van der Waals surface area contributed by atoms with Gasteiger partial charge in [-0.3, -0.25) is 4.79 Å². The normalized spacial score (nSPS) is 17.7. The van der Waals surface area contributed by atoms with Crippen LogP contribution >= 0.6 is 0 Å². The number of allylic oxidation sites excluding steroid dienone is 1. The number of hydrogen-bond acceptors (Lipinski definition) is 5. The van der Waals surface area contributed by atoms with E-state index in [9.17, 15) is 9.59 Å². The maximum atomic E-state index is 13.2. The molecular weight excluding hydrogens is 388 g/mol. The quantitative estimate of drug-likeness (QED) is 0.296. The molecule has 2 aromatic rings. The molecule has 0 aromatic heterocycles. The zero-order chi connectivity index (χ0) is 21.8. The second kappa shape index (κ2) is 9.21. The Morgan fingerprint density at radius 3 is 2.35 bits per heavy atom. The highest BCUT2D eigenvalue weighted by Crippen LogP contribution is 2.31. The summed E-state index contributed by atoms with van der Waals surface area (Å²) < 4.78 is 5.49. The van der Waals surface area contributed by atoms with Crippen molar-refractivity contribution in [2.45, 2.75) is 26.7 Å². The number of fused-ring (bicyclic) bond motifs is 1. The smallest absolute Gasteiger partial charge is 0.349 e. The molecule has 0 N–H and O–H groups in total. The van der Waals surface area contributed by atoms with Crippen molar-refractivity contribution in [2.24, 2.45) is 0 Å². The van der Waals surface area contributed by atoms with Crippen molar-refractivity contribution in [3.63, 3.8) is 0 Å². The van der Waals surface area contributed by atoms with E-state index in [-0.39, 0.29) is 11.4 Å². The fourth-order valence-electron chi connectivity index (χ4n) is 4.21. The Labute approximate surface area is 183 Å². The van der Waals surface area contributed by atoms with Crippen LogP contribution in [0.1, 0.15) is 42.6 Å². The molecule has 0 atom stereocenters. The van der Waals surface area contributed by atoms with Gasteiger partial charge in [0.1, 0.15) is 11.3 Å². The number of likely N-dealkylation sites (tertiary alicyclic amines) is 1. The van der Waals surface area contributed by atoms with E-state index in [1.807, 2.05) is 12.2 Å². The number of anilines is 1. The summed E-state index contributed by atoms with van der Waals surface area (Å²) in [5.74, 6) is -0.514. The van der Waals surface area contributed by atoms with E-state index in [1.54, 1.807) is 24.3 Å². The predicted molar refractivity (Wildman–Crippen MR) is 123 cm³/mol. The van der Waals surface area contributed by atoms with E-state index in [4.69, 9.17) is 4.74 Å². The first kappa shape index (κ1) is 20.9. The van der Waals surface area contributed by atoms with E-state index in [2.05, 4.69) is 47.9 Å². The lowest BCUT2D eigenvalue weighted by Crippen LogP contribution is -2.31. The van der Waals surface area contributed by atoms with Crippen LogP contribution in [0, 0.1) is 0 Å². The molecule has 0 radical (unpaired) electrons. The average molecular weight is 417 g/mol. The topological polar surface area (TPSA) is 49.9 Å². The fraction of sp³-hybridized carbons (Fsp3) is 0.308. The molecule has 2 aromatic carbocycles. The summed E-state index contributed by atoms with van der Waals surface area (Å²) in [7, 11) is 0. The molecule has 0 amide bonds. The summed E-state index contributed by atoms with van der Waals surface area (Å²) in [4.78, 5) is 30.4. The van der Waals surface area contributed by atoms with E-state index in [0.717, 1.165) is 44.6 Å². The van der Waals surface area contributed by atoms with Crippen molar-refractivity contribution in [3.05, 3.63) is 77.0 Å². The van der Waals surface area contributed by atoms with Crippen LogP contribution < -0.4 is 9.64 Å². The molecule has 5 heteroatoms. The largest absolute Gasteiger partial charge is 0.422 e. The summed E-state index contributed by atoms with van der Waals surface area (Å²) >= 11 is 0. The Balaban J connectivity index is 1.69. The van der Waals surface area contributed by atoms with Crippen molar-refractivity contribution in [3.8, 4) is 5.75 Å². The number of carbonyl (C=O) groups excluding carboxylic acids is 2. The third-order valence-electron chi connectivity index (χ3n) is 5.92. The number of ether oxygens (including phenoxy) is 1. The molecule has 1 saturated heterocycles. The fourth-order valence-corrected chi connectivity index (χ4v) is 4.21. The lowest BCUT2D eigenvalue weighted by molar-refractivity contribution is -0.130. The zero-order valence-corrected chi connectivity index (χ0v) is 18.1. The zero-order valence-electron chi connectivity index (χ0n) is 18.1. The number of hydrogen-bond donors (Lipinski definition) is 0. The summed E-state index contributed by atoms with van der Waals surface area (Å²) in [5, 5.41) is 0. The van der Waals surface area contributed by atoms with Crippen LogP contribution in [0.3, 0.4) is 0 Å². The molecule has 31 heavy (non-hydrogen) atoms. The SMILES string of the molecule is CCN(CC)c1ccc(/C=C/C(=C2/C(=O)Oc3ccccc3C2=O)N2CCCC2)cc1. The van der Waals surface area contributed by atoms with Gasteiger partial charge in [-0.2, -0.15) is 0 Å². The standard InChI is InChI=1S/C26H28N2O3/c1-3-27(4-2)20-14-11-19(12-15-20)13-16-22(28-17-7-8-18-28)24-25(29)21-9-5-6-10-23(21)31-26(24)30/h5-6,9-16H,3-4,7-8,17-18H2,1-2H3/b16-13+,24-22-. The van der Waals surface area contributed by atoms with Crippen LogP contribution in [-0.2, 0) is 4.79 Å².